The molecule has 1 aliphatic rings. The number of ether oxygens (including phenoxy) is 1. The van der Waals surface area contributed by atoms with E-state index in [1.807, 2.05) is 48.2 Å². The summed E-state index contributed by atoms with van der Waals surface area (Å²) in [4.78, 5) is 18.3. The van der Waals surface area contributed by atoms with Crippen molar-refractivity contribution in [1.29, 1.82) is 0 Å². The molecule has 1 unspecified atom stereocenters. The van der Waals surface area contributed by atoms with Crippen LogP contribution in [0.15, 0.2) is 48.8 Å². The molecule has 1 atom stereocenters. The Balaban J connectivity index is 1.63. The van der Waals surface area contributed by atoms with Crippen molar-refractivity contribution in [3.8, 4) is 5.75 Å². The number of nitrogens with zero attached hydrogens (tertiary/aromatic N) is 2. The number of pyridine rings is 1. The molecule has 0 bridgehead atoms. The lowest BCUT2D eigenvalue weighted by Crippen LogP contribution is -2.30. The third kappa shape index (κ3) is 3.21. The highest BCUT2D eigenvalue weighted by Gasteiger charge is 2.28. The van der Waals surface area contributed by atoms with Crippen LogP contribution >= 0.6 is 0 Å². The second-order valence-corrected chi connectivity index (χ2v) is 5.34. The standard InChI is InChI=1S/C17H18N2O2/c1-13-4-2-5-14(10-13)17(20)19-9-7-16(12-19)21-15-6-3-8-18-11-15/h2-6,8,10-11,16H,7,9,12H2,1H3. The molecular weight excluding hydrogens is 264 g/mol. The maximum Gasteiger partial charge on any atom is 0.253 e. The lowest BCUT2D eigenvalue weighted by atomic mass is 10.1. The minimum atomic E-state index is 0.0444. The van der Waals surface area contributed by atoms with Crippen LogP contribution in [0.3, 0.4) is 0 Å². The molecular formula is C17H18N2O2. The summed E-state index contributed by atoms with van der Waals surface area (Å²) in [5, 5.41) is 0. The number of carbonyl (C=O) groups excluding carboxylic acids is 1. The molecule has 21 heavy (non-hydrogen) atoms. The predicted molar refractivity (Wildman–Crippen MR) is 80.4 cm³/mol. The van der Waals surface area contributed by atoms with Crippen LogP contribution in [0, 0.1) is 6.92 Å². The Kier molecular flexibility index (Phi) is 3.86. The van der Waals surface area contributed by atoms with Crippen LogP contribution in [0.1, 0.15) is 22.3 Å². The molecule has 1 aromatic carbocycles. The van der Waals surface area contributed by atoms with Crippen molar-refractivity contribution in [2.75, 3.05) is 13.1 Å². The largest absolute Gasteiger partial charge is 0.487 e. The molecule has 0 saturated carbocycles. The van der Waals surface area contributed by atoms with Gasteiger partial charge in [0.15, 0.2) is 0 Å². The van der Waals surface area contributed by atoms with Gasteiger partial charge < -0.3 is 9.64 Å². The molecule has 108 valence electrons. The number of aryl methyl sites for hydroxylation is 1. The van der Waals surface area contributed by atoms with E-state index in [-0.39, 0.29) is 12.0 Å². The topological polar surface area (TPSA) is 42.4 Å². The number of hydrogen-bond acceptors (Lipinski definition) is 3. The quantitative estimate of drug-likeness (QED) is 0.869. The van der Waals surface area contributed by atoms with Crippen molar-refractivity contribution in [1.82, 2.24) is 9.88 Å². The highest BCUT2D eigenvalue weighted by atomic mass is 16.5. The Morgan fingerprint density at radius 3 is 3.00 bits per heavy atom. The maximum atomic E-state index is 12.5. The van der Waals surface area contributed by atoms with Gasteiger partial charge in [-0.3, -0.25) is 9.78 Å². The van der Waals surface area contributed by atoms with Crippen molar-refractivity contribution >= 4 is 5.91 Å². The summed E-state index contributed by atoms with van der Waals surface area (Å²) in [5.41, 5.74) is 1.85. The Labute approximate surface area is 124 Å². The summed E-state index contributed by atoms with van der Waals surface area (Å²) in [7, 11) is 0. The highest BCUT2D eigenvalue weighted by Crippen LogP contribution is 2.19. The molecule has 0 spiro atoms. The fourth-order valence-corrected chi connectivity index (χ4v) is 2.58. The molecule has 1 amide bonds. The molecule has 1 fully saturated rings. The molecule has 3 rings (SSSR count). The SMILES string of the molecule is Cc1cccc(C(=O)N2CCC(Oc3cccnc3)C2)c1. The molecule has 0 aliphatic carbocycles. The number of rotatable bonds is 3. The Bertz CT molecular complexity index is 628. The number of benzene rings is 1. The van der Waals surface area contributed by atoms with Gasteiger partial charge in [-0.1, -0.05) is 17.7 Å². The van der Waals surface area contributed by atoms with Crippen LogP contribution in [-0.2, 0) is 0 Å². The first-order valence-electron chi connectivity index (χ1n) is 7.15. The minimum absolute atomic E-state index is 0.0444. The fourth-order valence-electron chi connectivity index (χ4n) is 2.58. The summed E-state index contributed by atoms with van der Waals surface area (Å²) in [5.74, 6) is 0.836. The molecule has 1 aliphatic heterocycles. The third-order valence-corrected chi connectivity index (χ3v) is 3.63. The highest BCUT2D eigenvalue weighted by molar-refractivity contribution is 5.94. The normalized spacial score (nSPS) is 17.8. The van der Waals surface area contributed by atoms with E-state index in [4.69, 9.17) is 4.74 Å². The van der Waals surface area contributed by atoms with E-state index in [2.05, 4.69) is 4.98 Å². The summed E-state index contributed by atoms with van der Waals surface area (Å²) in [6.07, 6.45) is 4.31. The van der Waals surface area contributed by atoms with Crippen LogP contribution in [0.4, 0.5) is 0 Å². The molecule has 4 nitrogen and oxygen atoms in total. The van der Waals surface area contributed by atoms with Gasteiger partial charge in [-0.25, -0.2) is 0 Å². The summed E-state index contributed by atoms with van der Waals surface area (Å²) >= 11 is 0. The number of likely N-dealkylation sites (tertiary alicyclic amines) is 1. The first kappa shape index (κ1) is 13.6. The van der Waals surface area contributed by atoms with Crippen LogP contribution in [-0.4, -0.2) is 35.0 Å². The second kappa shape index (κ2) is 5.95. The van der Waals surface area contributed by atoms with E-state index in [1.165, 1.54) is 0 Å². The smallest absolute Gasteiger partial charge is 0.253 e. The van der Waals surface area contributed by atoms with Crippen LogP contribution in [0.5, 0.6) is 5.75 Å². The van der Waals surface area contributed by atoms with Crippen molar-refractivity contribution in [2.45, 2.75) is 19.4 Å². The van der Waals surface area contributed by atoms with E-state index in [9.17, 15) is 4.79 Å². The van der Waals surface area contributed by atoms with Gasteiger partial charge in [0.2, 0.25) is 0 Å². The first-order valence-corrected chi connectivity index (χ1v) is 7.15. The van der Waals surface area contributed by atoms with Gasteiger partial charge in [-0.05, 0) is 31.2 Å². The van der Waals surface area contributed by atoms with Crippen LogP contribution in [0.2, 0.25) is 0 Å². The van der Waals surface area contributed by atoms with Crippen molar-refractivity contribution < 1.29 is 9.53 Å². The van der Waals surface area contributed by atoms with Gasteiger partial charge in [-0.2, -0.15) is 0 Å². The molecule has 0 N–H and O–H groups in total. The molecule has 1 aromatic heterocycles. The van der Waals surface area contributed by atoms with Gasteiger partial charge in [0.25, 0.3) is 5.91 Å². The van der Waals surface area contributed by atoms with E-state index in [0.29, 0.717) is 6.54 Å². The van der Waals surface area contributed by atoms with Crippen molar-refractivity contribution in [2.24, 2.45) is 0 Å². The lowest BCUT2D eigenvalue weighted by Gasteiger charge is -2.17. The van der Waals surface area contributed by atoms with E-state index < -0.39 is 0 Å². The Morgan fingerprint density at radius 2 is 2.24 bits per heavy atom. The second-order valence-electron chi connectivity index (χ2n) is 5.34. The van der Waals surface area contributed by atoms with Gasteiger partial charge in [0.05, 0.1) is 12.7 Å². The van der Waals surface area contributed by atoms with E-state index >= 15 is 0 Å². The van der Waals surface area contributed by atoms with Gasteiger partial charge in [0, 0.05) is 24.7 Å². The average Bonchev–Trinajstić information content (AvgIpc) is 2.96. The summed E-state index contributed by atoms with van der Waals surface area (Å²) in [6.45, 7) is 3.36. The fraction of sp³-hybridized carbons (Fsp3) is 0.294. The van der Waals surface area contributed by atoms with E-state index in [0.717, 1.165) is 29.8 Å². The molecule has 2 aromatic rings. The maximum absolute atomic E-state index is 12.5. The van der Waals surface area contributed by atoms with Crippen LogP contribution < -0.4 is 4.74 Å². The summed E-state index contributed by atoms with van der Waals surface area (Å²) < 4.78 is 5.86. The molecule has 0 radical (unpaired) electrons. The number of hydrogen-bond donors (Lipinski definition) is 0. The Morgan fingerprint density at radius 1 is 1.33 bits per heavy atom. The summed E-state index contributed by atoms with van der Waals surface area (Å²) in [6, 6.07) is 11.4. The van der Waals surface area contributed by atoms with Gasteiger partial charge in [0.1, 0.15) is 11.9 Å². The average molecular weight is 282 g/mol. The monoisotopic (exact) mass is 282 g/mol. The van der Waals surface area contributed by atoms with Gasteiger partial charge >= 0.3 is 0 Å². The first-order chi connectivity index (χ1) is 10.2. The predicted octanol–water partition coefficient (Wildman–Crippen LogP) is 2.68. The lowest BCUT2D eigenvalue weighted by molar-refractivity contribution is 0.0772. The van der Waals surface area contributed by atoms with Crippen molar-refractivity contribution in [3.63, 3.8) is 0 Å². The molecule has 4 heteroatoms. The van der Waals surface area contributed by atoms with Crippen LogP contribution in [0.25, 0.3) is 0 Å². The number of carbonyl (C=O) groups is 1. The number of amides is 1. The third-order valence-electron chi connectivity index (χ3n) is 3.63. The number of aromatic nitrogens is 1. The zero-order valence-electron chi connectivity index (χ0n) is 12.0. The van der Waals surface area contributed by atoms with E-state index in [1.54, 1.807) is 12.4 Å². The molecule has 1 saturated heterocycles. The zero-order valence-corrected chi connectivity index (χ0v) is 12.0. The zero-order chi connectivity index (χ0) is 14.7. The molecule has 2 heterocycles. The van der Waals surface area contributed by atoms with Crippen molar-refractivity contribution in [3.05, 3.63) is 59.9 Å². The Hall–Kier alpha value is -2.36. The van der Waals surface area contributed by atoms with Gasteiger partial charge in [-0.15, -0.1) is 0 Å². The minimum Gasteiger partial charge on any atom is -0.487 e.